The molecule has 0 aromatic heterocycles. The van der Waals surface area contributed by atoms with Gasteiger partial charge in [0, 0.05) is 12.2 Å². The number of carbonyl (C=O) groups is 2. The summed E-state index contributed by atoms with van der Waals surface area (Å²) in [6.45, 7) is -0.104. The molecule has 23 heavy (non-hydrogen) atoms. The van der Waals surface area contributed by atoms with Crippen LogP contribution >= 0.6 is 0 Å². The maximum absolute atomic E-state index is 12.9. The van der Waals surface area contributed by atoms with Crippen LogP contribution in [0, 0.1) is 5.41 Å². The van der Waals surface area contributed by atoms with Gasteiger partial charge in [0.25, 0.3) is 0 Å². The molecule has 0 unspecified atom stereocenters. The number of carboxylic acids is 1. The summed E-state index contributed by atoms with van der Waals surface area (Å²) in [6, 6.07) is 3.11. The van der Waals surface area contributed by atoms with E-state index in [-0.39, 0.29) is 24.2 Å². The Labute approximate surface area is 130 Å². The van der Waals surface area contributed by atoms with Gasteiger partial charge in [-0.1, -0.05) is 6.42 Å². The van der Waals surface area contributed by atoms with Crippen LogP contribution in [-0.2, 0) is 22.3 Å². The van der Waals surface area contributed by atoms with E-state index in [0.29, 0.717) is 12.8 Å². The Morgan fingerprint density at radius 2 is 1.91 bits per heavy atom. The zero-order valence-corrected chi connectivity index (χ0v) is 12.2. The number of anilines is 1. The molecule has 1 fully saturated rings. The van der Waals surface area contributed by atoms with Gasteiger partial charge in [0.2, 0.25) is 5.91 Å². The summed E-state index contributed by atoms with van der Waals surface area (Å²) in [6.07, 6.45) is -3.35. The van der Waals surface area contributed by atoms with Gasteiger partial charge in [-0.25, -0.2) is 0 Å². The van der Waals surface area contributed by atoms with Crippen LogP contribution < -0.4 is 11.1 Å². The van der Waals surface area contributed by atoms with Gasteiger partial charge >= 0.3 is 12.1 Å². The molecule has 1 saturated carbocycles. The molecular formula is C15H17F3N2O3. The standard InChI is InChI=1S/C15H17F3N2O3/c16-15(17,18)10-4-9(8-19)5-11(6-10)20-13(23)14(2-1-3-14)7-12(21)22/h4-6H,1-3,7-8,19H2,(H,20,23)(H,21,22). The highest BCUT2D eigenvalue weighted by Gasteiger charge is 2.46. The smallest absolute Gasteiger partial charge is 0.416 e. The first-order chi connectivity index (χ1) is 10.7. The molecule has 0 spiro atoms. The molecule has 8 heteroatoms. The largest absolute Gasteiger partial charge is 0.481 e. The second kappa shape index (κ2) is 6.19. The molecule has 126 valence electrons. The van der Waals surface area contributed by atoms with Crippen LogP contribution in [0.3, 0.4) is 0 Å². The fraction of sp³-hybridized carbons (Fsp3) is 0.467. The number of nitrogens with one attached hydrogen (secondary N) is 1. The summed E-state index contributed by atoms with van der Waals surface area (Å²) in [7, 11) is 0. The van der Waals surface area contributed by atoms with Gasteiger partial charge in [0.05, 0.1) is 17.4 Å². The van der Waals surface area contributed by atoms with E-state index in [1.807, 2.05) is 0 Å². The van der Waals surface area contributed by atoms with E-state index in [1.54, 1.807) is 0 Å². The van der Waals surface area contributed by atoms with Gasteiger partial charge < -0.3 is 16.2 Å². The highest BCUT2D eigenvalue weighted by molar-refractivity contribution is 5.98. The monoisotopic (exact) mass is 330 g/mol. The van der Waals surface area contributed by atoms with Crippen molar-refractivity contribution in [2.24, 2.45) is 11.1 Å². The van der Waals surface area contributed by atoms with Crippen LogP contribution in [0.1, 0.15) is 36.8 Å². The lowest BCUT2D eigenvalue weighted by atomic mass is 9.66. The number of nitrogens with two attached hydrogens (primary N) is 1. The quantitative estimate of drug-likeness (QED) is 0.774. The van der Waals surface area contributed by atoms with Crippen molar-refractivity contribution in [1.82, 2.24) is 0 Å². The maximum Gasteiger partial charge on any atom is 0.416 e. The van der Waals surface area contributed by atoms with Gasteiger partial charge in [0.15, 0.2) is 0 Å². The normalized spacial score (nSPS) is 16.5. The van der Waals surface area contributed by atoms with E-state index in [4.69, 9.17) is 10.8 Å². The van der Waals surface area contributed by atoms with Gasteiger partial charge in [-0.15, -0.1) is 0 Å². The Balaban J connectivity index is 2.25. The van der Waals surface area contributed by atoms with Crippen molar-refractivity contribution >= 4 is 17.6 Å². The number of carbonyl (C=O) groups excluding carboxylic acids is 1. The SMILES string of the molecule is NCc1cc(NC(=O)C2(CC(=O)O)CCC2)cc(C(F)(F)F)c1. The second-order valence-corrected chi connectivity index (χ2v) is 5.78. The number of rotatable bonds is 5. The Kier molecular flexibility index (Phi) is 4.65. The van der Waals surface area contributed by atoms with Gasteiger partial charge in [0.1, 0.15) is 0 Å². The predicted molar refractivity (Wildman–Crippen MR) is 76.5 cm³/mol. The molecule has 1 aliphatic rings. The van der Waals surface area contributed by atoms with E-state index < -0.39 is 29.0 Å². The Morgan fingerprint density at radius 3 is 2.35 bits per heavy atom. The van der Waals surface area contributed by atoms with Crippen molar-refractivity contribution < 1.29 is 27.9 Å². The minimum atomic E-state index is -4.56. The number of hydrogen-bond acceptors (Lipinski definition) is 3. The molecule has 0 radical (unpaired) electrons. The lowest BCUT2D eigenvalue weighted by Gasteiger charge is -2.39. The average molecular weight is 330 g/mol. The van der Waals surface area contributed by atoms with Crippen molar-refractivity contribution in [1.29, 1.82) is 0 Å². The Bertz CT molecular complexity index is 625. The minimum Gasteiger partial charge on any atom is -0.481 e. The summed E-state index contributed by atoms with van der Waals surface area (Å²) < 4.78 is 38.6. The first kappa shape index (κ1) is 17.3. The van der Waals surface area contributed by atoms with E-state index in [0.717, 1.165) is 18.6 Å². The van der Waals surface area contributed by atoms with E-state index in [2.05, 4.69) is 5.32 Å². The van der Waals surface area contributed by atoms with E-state index in [1.165, 1.54) is 6.07 Å². The number of alkyl halides is 3. The molecule has 1 aliphatic carbocycles. The zero-order valence-electron chi connectivity index (χ0n) is 12.2. The van der Waals surface area contributed by atoms with E-state index in [9.17, 15) is 22.8 Å². The first-order valence-electron chi connectivity index (χ1n) is 7.11. The van der Waals surface area contributed by atoms with Crippen molar-refractivity contribution in [3.8, 4) is 0 Å². The Morgan fingerprint density at radius 1 is 1.26 bits per heavy atom. The molecule has 1 aromatic carbocycles. The number of carboxylic acid groups (broad SMARTS) is 1. The lowest BCUT2D eigenvalue weighted by Crippen LogP contribution is -2.43. The number of halogens is 3. The topological polar surface area (TPSA) is 92.4 Å². The highest BCUT2D eigenvalue weighted by atomic mass is 19.4. The van der Waals surface area contributed by atoms with Gasteiger partial charge in [-0.05, 0) is 36.6 Å². The fourth-order valence-electron chi connectivity index (χ4n) is 2.69. The van der Waals surface area contributed by atoms with Crippen LogP contribution in [-0.4, -0.2) is 17.0 Å². The maximum atomic E-state index is 12.9. The molecule has 0 atom stereocenters. The van der Waals surface area contributed by atoms with Crippen LogP contribution in [0.4, 0.5) is 18.9 Å². The third kappa shape index (κ3) is 3.82. The molecule has 0 aliphatic heterocycles. The average Bonchev–Trinajstić information content (AvgIpc) is 2.41. The van der Waals surface area contributed by atoms with Crippen molar-refractivity contribution in [3.05, 3.63) is 29.3 Å². The molecule has 4 N–H and O–H groups in total. The first-order valence-corrected chi connectivity index (χ1v) is 7.11. The zero-order chi connectivity index (χ0) is 17.3. The molecule has 1 amide bonds. The molecule has 0 heterocycles. The highest BCUT2D eigenvalue weighted by Crippen LogP contribution is 2.45. The van der Waals surface area contributed by atoms with Crippen LogP contribution in [0.2, 0.25) is 0 Å². The summed E-state index contributed by atoms with van der Waals surface area (Å²) in [5.41, 5.74) is 3.65. The third-order valence-electron chi connectivity index (χ3n) is 4.10. The van der Waals surface area contributed by atoms with Crippen molar-refractivity contribution in [2.45, 2.75) is 38.4 Å². The molecule has 1 aromatic rings. The number of amides is 1. The summed E-state index contributed by atoms with van der Waals surface area (Å²) >= 11 is 0. The lowest BCUT2D eigenvalue weighted by molar-refractivity contribution is -0.147. The number of benzene rings is 1. The fourth-order valence-corrected chi connectivity index (χ4v) is 2.69. The molecule has 0 saturated heterocycles. The summed E-state index contributed by atoms with van der Waals surface area (Å²) in [4.78, 5) is 23.2. The predicted octanol–water partition coefficient (Wildman–Crippen LogP) is 2.75. The molecule has 5 nitrogen and oxygen atoms in total. The van der Waals surface area contributed by atoms with Crippen LogP contribution in [0.5, 0.6) is 0 Å². The Hall–Kier alpha value is -2.09. The minimum absolute atomic E-state index is 0.0260. The van der Waals surface area contributed by atoms with Crippen LogP contribution in [0.15, 0.2) is 18.2 Å². The van der Waals surface area contributed by atoms with Gasteiger partial charge in [-0.3, -0.25) is 9.59 Å². The van der Waals surface area contributed by atoms with Crippen LogP contribution in [0.25, 0.3) is 0 Å². The van der Waals surface area contributed by atoms with Crippen molar-refractivity contribution in [3.63, 3.8) is 0 Å². The van der Waals surface area contributed by atoms with E-state index >= 15 is 0 Å². The summed E-state index contributed by atoms with van der Waals surface area (Å²) in [5.74, 6) is -1.67. The molecular weight excluding hydrogens is 313 g/mol. The number of hydrogen-bond donors (Lipinski definition) is 3. The third-order valence-corrected chi connectivity index (χ3v) is 4.10. The second-order valence-electron chi connectivity index (χ2n) is 5.78. The van der Waals surface area contributed by atoms with Gasteiger partial charge in [-0.2, -0.15) is 13.2 Å². The molecule has 2 rings (SSSR count). The van der Waals surface area contributed by atoms with Crippen molar-refractivity contribution in [2.75, 3.05) is 5.32 Å². The number of aliphatic carboxylic acids is 1. The summed E-state index contributed by atoms with van der Waals surface area (Å²) in [5, 5.41) is 11.3. The molecule has 0 bridgehead atoms.